The van der Waals surface area contributed by atoms with E-state index in [1.165, 1.54) is 11.8 Å². The van der Waals surface area contributed by atoms with Crippen molar-refractivity contribution in [3.8, 4) is 0 Å². The number of amides is 10. The standard InChI is InChI=1S/C39H66N12O14/c1-20(2)13-26(37(62)46-21(3)33(58)45-18-32(57)51-12-6-8-28(51)38(63)49-24(39(64)65)7-4-5-11-40)48-31(56)17-44-35(60)27(19-52)50-36(61)23(9-10-29(41)54)47-30(55)16-43-34(59)25-14-22(53)15-42-25/h20-28,42,52-53H,4-19,40H2,1-3H3,(H2,41,54)(H,43,59)(H,44,60)(H,45,58)(H,46,62)(H,47,55)(H,48,56)(H,49,63)(H,50,61)(H,64,65)/t21-,22+,23-,24-,25-,26-,27-,28-/m0/s1. The highest BCUT2D eigenvalue weighted by molar-refractivity contribution is 5.97. The molecule has 0 spiro atoms. The van der Waals surface area contributed by atoms with Gasteiger partial charge in [-0.1, -0.05) is 13.8 Å². The van der Waals surface area contributed by atoms with Gasteiger partial charge in [0.05, 0.1) is 38.4 Å². The Bertz CT molecular complexity index is 1720. The topological polar surface area (TPSA) is 412 Å². The molecule has 2 aliphatic rings. The first-order valence-electron chi connectivity index (χ1n) is 21.5. The van der Waals surface area contributed by atoms with Gasteiger partial charge in [-0.15, -0.1) is 0 Å². The van der Waals surface area contributed by atoms with E-state index in [-0.39, 0.29) is 57.5 Å². The molecule has 0 aliphatic carbocycles. The van der Waals surface area contributed by atoms with E-state index in [0.29, 0.717) is 25.8 Å². The molecule has 0 unspecified atom stereocenters. The van der Waals surface area contributed by atoms with E-state index in [0.717, 1.165) is 0 Å². The third kappa shape index (κ3) is 19.7. The molecule has 0 bridgehead atoms. The van der Waals surface area contributed by atoms with Crippen molar-refractivity contribution in [2.45, 2.75) is 127 Å². The largest absolute Gasteiger partial charge is 0.480 e. The molecule has 10 amide bonds. The lowest BCUT2D eigenvalue weighted by atomic mass is 10.0. The van der Waals surface area contributed by atoms with Crippen LogP contribution in [0.1, 0.15) is 78.6 Å². The maximum absolute atomic E-state index is 13.3. The van der Waals surface area contributed by atoms with Crippen LogP contribution in [-0.2, 0) is 52.7 Å². The Hall–Kier alpha value is -5.99. The van der Waals surface area contributed by atoms with Gasteiger partial charge >= 0.3 is 5.97 Å². The minimum absolute atomic E-state index is 0.0878. The number of unbranched alkanes of at least 4 members (excludes halogenated alkanes) is 1. The number of aliphatic hydroxyl groups is 2. The Labute approximate surface area is 375 Å². The number of carbonyl (C=O) groups is 11. The summed E-state index contributed by atoms with van der Waals surface area (Å²) in [5.41, 5.74) is 10.7. The number of carboxylic acids is 1. The Kier molecular flexibility index (Phi) is 23.8. The zero-order chi connectivity index (χ0) is 48.8. The predicted octanol–water partition coefficient (Wildman–Crippen LogP) is -6.99. The van der Waals surface area contributed by atoms with Gasteiger partial charge in [-0.3, -0.25) is 47.9 Å². The highest BCUT2D eigenvalue weighted by Gasteiger charge is 2.36. The Morgan fingerprint density at radius 3 is 1.94 bits per heavy atom. The van der Waals surface area contributed by atoms with Gasteiger partial charge in [-0.2, -0.15) is 0 Å². The molecule has 8 atom stereocenters. The Balaban J connectivity index is 1.92. The minimum Gasteiger partial charge on any atom is -0.480 e. The number of carboxylic acid groups (broad SMARTS) is 1. The van der Waals surface area contributed by atoms with Crippen molar-refractivity contribution in [3.63, 3.8) is 0 Å². The second-order valence-electron chi connectivity index (χ2n) is 16.3. The van der Waals surface area contributed by atoms with E-state index in [4.69, 9.17) is 11.5 Å². The van der Waals surface area contributed by atoms with Crippen LogP contribution in [0.3, 0.4) is 0 Å². The van der Waals surface area contributed by atoms with E-state index in [1.807, 2.05) is 0 Å². The molecule has 0 saturated carbocycles. The monoisotopic (exact) mass is 926 g/mol. The Morgan fingerprint density at radius 2 is 1.35 bits per heavy atom. The van der Waals surface area contributed by atoms with E-state index >= 15 is 0 Å². The van der Waals surface area contributed by atoms with Gasteiger partial charge in [-0.05, 0) is 70.8 Å². The summed E-state index contributed by atoms with van der Waals surface area (Å²) in [7, 11) is 0. The number of rotatable bonds is 28. The fourth-order valence-corrected chi connectivity index (χ4v) is 6.87. The van der Waals surface area contributed by atoms with Crippen LogP contribution < -0.4 is 59.3 Å². The SMILES string of the molecule is CC(C)C[C@H](NC(=O)CNC(=O)[C@H](CO)NC(=O)[C@H](CCC(N)=O)NC(=O)CNC(=O)[C@@H]1C[C@@H](O)CN1)C(=O)N[C@@H](C)C(=O)NCC(=O)N1CCC[C@H]1C(=O)N[C@@H](CCCCN)C(=O)O. The summed E-state index contributed by atoms with van der Waals surface area (Å²) in [6.45, 7) is 2.81. The van der Waals surface area contributed by atoms with Crippen molar-refractivity contribution < 1.29 is 68.1 Å². The molecule has 2 fully saturated rings. The second kappa shape index (κ2) is 28.0. The molecule has 0 radical (unpaired) electrons. The maximum Gasteiger partial charge on any atom is 0.326 e. The van der Waals surface area contributed by atoms with Crippen LogP contribution in [0, 0.1) is 5.92 Å². The fourth-order valence-electron chi connectivity index (χ4n) is 6.87. The van der Waals surface area contributed by atoms with Gasteiger partial charge in [0.1, 0.15) is 36.3 Å². The lowest BCUT2D eigenvalue weighted by molar-refractivity contribution is -0.144. The number of hydrogen-bond acceptors (Lipinski definition) is 15. The molecule has 366 valence electrons. The number of nitrogens with one attached hydrogen (secondary N) is 9. The van der Waals surface area contributed by atoms with Crippen molar-refractivity contribution >= 4 is 65.0 Å². The van der Waals surface area contributed by atoms with E-state index < -0.39 is 140 Å². The molecule has 2 aliphatic heterocycles. The number of nitrogens with zero attached hydrogens (tertiary/aromatic N) is 1. The first-order valence-corrected chi connectivity index (χ1v) is 21.5. The third-order valence-electron chi connectivity index (χ3n) is 10.4. The summed E-state index contributed by atoms with van der Waals surface area (Å²) in [5, 5.41) is 50.7. The van der Waals surface area contributed by atoms with Crippen LogP contribution in [0.5, 0.6) is 0 Å². The molecular formula is C39H66N12O14. The first-order chi connectivity index (χ1) is 30.7. The number of carbonyl (C=O) groups excluding carboxylic acids is 10. The molecule has 0 aromatic carbocycles. The molecule has 2 rings (SSSR count). The minimum atomic E-state index is -1.65. The predicted molar refractivity (Wildman–Crippen MR) is 227 cm³/mol. The number of nitrogens with two attached hydrogens (primary N) is 2. The lowest BCUT2D eigenvalue weighted by Gasteiger charge is -2.26. The van der Waals surface area contributed by atoms with Gasteiger partial charge in [0.15, 0.2) is 0 Å². The molecule has 16 N–H and O–H groups in total. The number of β-amino-alcohol motifs (C(OH)–C–C–N with tert-alkyl or cyclic N) is 1. The quantitative estimate of drug-likeness (QED) is 0.0324. The molecule has 0 aromatic rings. The molecule has 0 aromatic heterocycles. The summed E-state index contributed by atoms with van der Waals surface area (Å²) in [4.78, 5) is 140. The second-order valence-corrected chi connectivity index (χ2v) is 16.3. The normalized spacial score (nSPS) is 19.1. The molecule has 2 saturated heterocycles. The van der Waals surface area contributed by atoms with Crippen LogP contribution in [-0.4, -0.2) is 180 Å². The zero-order valence-electron chi connectivity index (χ0n) is 36.9. The van der Waals surface area contributed by atoms with Crippen LogP contribution in [0.2, 0.25) is 0 Å². The fraction of sp³-hybridized carbons (Fsp3) is 0.718. The van der Waals surface area contributed by atoms with Gasteiger partial charge < -0.3 is 79.5 Å². The van der Waals surface area contributed by atoms with Crippen LogP contribution in [0.25, 0.3) is 0 Å². The van der Waals surface area contributed by atoms with Crippen molar-refractivity contribution in [1.82, 2.24) is 52.8 Å². The van der Waals surface area contributed by atoms with Crippen LogP contribution in [0.4, 0.5) is 0 Å². The number of primary amides is 1. The number of aliphatic hydroxyl groups excluding tert-OH is 2. The van der Waals surface area contributed by atoms with Crippen molar-refractivity contribution in [2.75, 3.05) is 45.9 Å². The molecular weight excluding hydrogens is 860 g/mol. The van der Waals surface area contributed by atoms with Crippen molar-refractivity contribution in [2.24, 2.45) is 17.4 Å². The number of likely N-dealkylation sites (tertiary alicyclic amines) is 1. The first kappa shape index (κ1) is 55.1. The summed E-state index contributed by atoms with van der Waals surface area (Å²) in [6.07, 6.45) is 0.789. The number of hydrogen-bond donors (Lipinski definition) is 14. The molecule has 2 heterocycles. The van der Waals surface area contributed by atoms with E-state index in [2.05, 4.69) is 47.9 Å². The summed E-state index contributed by atoms with van der Waals surface area (Å²) in [5.74, 6) is -9.29. The molecule has 65 heavy (non-hydrogen) atoms. The summed E-state index contributed by atoms with van der Waals surface area (Å²) < 4.78 is 0. The highest BCUT2D eigenvalue weighted by atomic mass is 16.4. The van der Waals surface area contributed by atoms with Crippen molar-refractivity contribution in [3.05, 3.63) is 0 Å². The van der Waals surface area contributed by atoms with Crippen LogP contribution in [0.15, 0.2) is 0 Å². The lowest BCUT2D eigenvalue weighted by Crippen LogP contribution is -2.57. The number of aliphatic carboxylic acids is 1. The van der Waals surface area contributed by atoms with Crippen molar-refractivity contribution in [1.29, 1.82) is 0 Å². The van der Waals surface area contributed by atoms with Gasteiger partial charge in [-0.25, -0.2) is 4.79 Å². The van der Waals surface area contributed by atoms with Gasteiger partial charge in [0.2, 0.25) is 59.1 Å². The molecule has 26 heteroatoms. The average molecular weight is 927 g/mol. The van der Waals surface area contributed by atoms with Gasteiger partial charge in [0, 0.05) is 19.5 Å². The van der Waals surface area contributed by atoms with Gasteiger partial charge in [0.25, 0.3) is 0 Å². The highest BCUT2D eigenvalue weighted by Crippen LogP contribution is 2.18. The summed E-state index contributed by atoms with van der Waals surface area (Å²) >= 11 is 0. The summed E-state index contributed by atoms with van der Waals surface area (Å²) in [6, 6.07) is -8.35. The van der Waals surface area contributed by atoms with Crippen LogP contribution >= 0.6 is 0 Å². The maximum atomic E-state index is 13.3. The van der Waals surface area contributed by atoms with E-state index in [9.17, 15) is 68.1 Å². The third-order valence-corrected chi connectivity index (χ3v) is 10.4. The van der Waals surface area contributed by atoms with E-state index in [1.54, 1.807) is 13.8 Å². The Morgan fingerprint density at radius 1 is 0.723 bits per heavy atom. The zero-order valence-corrected chi connectivity index (χ0v) is 36.9. The average Bonchev–Trinajstić information content (AvgIpc) is 3.93. The molecule has 26 nitrogen and oxygen atoms in total. The smallest absolute Gasteiger partial charge is 0.326 e.